The van der Waals surface area contributed by atoms with Crippen molar-refractivity contribution in [1.82, 2.24) is 19.8 Å². The van der Waals surface area contributed by atoms with Gasteiger partial charge in [0.25, 0.3) is 23.3 Å². The molecular formula is C88H99N11O15. The summed E-state index contributed by atoms with van der Waals surface area (Å²) in [5, 5.41) is 11.7. The Morgan fingerprint density at radius 1 is 0.439 bits per heavy atom. The number of hydrogen-bond acceptors (Lipinski definition) is 21. The summed E-state index contributed by atoms with van der Waals surface area (Å²) in [6, 6.07) is 70.9. The van der Waals surface area contributed by atoms with Gasteiger partial charge in [0.05, 0.1) is 51.7 Å². The summed E-state index contributed by atoms with van der Waals surface area (Å²) >= 11 is 0. The quantitative estimate of drug-likeness (QED) is 0.0191. The number of aromatic amines is 1. The summed E-state index contributed by atoms with van der Waals surface area (Å²) in [5.74, 6) is 2.08. The fourth-order valence-corrected chi connectivity index (χ4v) is 12.6. The summed E-state index contributed by atoms with van der Waals surface area (Å²) in [6.45, 7) is 18.8. The van der Waals surface area contributed by atoms with Gasteiger partial charge in [-0.2, -0.15) is 0 Å². The number of amides is 3. The maximum absolute atomic E-state index is 13.2. The van der Waals surface area contributed by atoms with Crippen molar-refractivity contribution in [1.29, 1.82) is 0 Å². The number of primary amides is 3. The lowest BCUT2D eigenvalue weighted by Crippen LogP contribution is -2.48. The number of carbonyl (C=O) groups excluding carboxylic acids is 3. The number of nitrogens with two attached hydrogens (primary N) is 4. The van der Waals surface area contributed by atoms with Crippen LogP contribution in [0.5, 0.6) is 51.7 Å². The topological polar surface area (TPSA) is 340 Å². The number of ether oxygens (including phenoxy) is 9. The number of H-pyrrole nitrogens is 1. The van der Waals surface area contributed by atoms with E-state index in [0.29, 0.717) is 88.7 Å². The standard InChI is InChI=1S/C29H32N4O3.C15H14N2O5.C15H16N2O3.C15H15NO3.C14H22N2O/c1-20(2)32-14-16-33(17-15-32)23-11-7-10-22(18-23)28-30-27-25(36-19-21-8-5-4-6-9-21)13-12-24(35-3)26(27)29(34)31-28;1-21-11-7-8-12(14(17(19)20)13(11)15(16)18)22-9-10-5-3-2-4-6-10;1-19-11-7-8-12(14(16)13(11)15(17)18)20-9-10-5-3-2-4-6-10;1-18-14-8-7-12(9-13(14)15(16)17)19-10-11-5-3-2-4-6-11;1-12(2)15-7-9-16(10-8-15)13-5-4-6-14(11-13)17-3/h4-13,18,20H,14-17,19H2,1-3H3,(H,30,31,34);2-8H,9H2,1H3,(H2,16,18);2-8H,9,16H2,1H3,(H2,17,18);2-9H,10H2,1H3,(H2,16,17);4-6,11-12H,7-10H2,1-3H3. The van der Waals surface area contributed by atoms with Crippen molar-refractivity contribution in [2.75, 3.05) is 103 Å². The molecule has 2 aliphatic heterocycles. The maximum atomic E-state index is 13.2. The first-order chi connectivity index (χ1) is 55.1. The summed E-state index contributed by atoms with van der Waals surface area (Å²) in [4.78, 5) is 75.7. The zero-order chi connectivity index (χ0) is 81.6. The largest absolute Gasteiger partial charge is 0.497 e. The predicted octanol–water partition coefficient (Wildman–Crippen LogP) is 13.5. The molecule has 11 aromatic rings. The summed E-state index contributed by atoms with van der Waals surface area (Å²) in [5.41, 5.74) is 29.0. The number of methoxy groups -OCH3 is 5. The smallest absolute Gasteiger partial charge is 0.327 e. The van der Waals surface area contributed by atoms with E-state index in [9.17, 15) is 29.3 Å². The van der Waals surface area contributed by atoms with E-state index in [2.05, 4.69) is 82.6 Å². The van der Waals surface area contributed by atoms with Gasteiger partial charge >= 0.3 is 5.69 Å². The highest BCUT2D eigenvalue weighted by Gasteiger charge is 2.30. The van der Waals surface area contributed by atoms with Crippen LogP contribution in [0.4, 0.5) is 22.7 Å². The summed E-state index contributed by atoms with van der Waals surface area (Å²) in [7, 11) is 7.51. The SMILES string of the molecule is COc1ccc(OCc2ccccc2)c(N)c1C(N)=O.COc1ccc(OCc2ccccc2)c([N+](=O)[O-])c1C(N)=O.COc1ccc(OCc2ccccc2)c2nc(-c3cccc(N4CCN(C(C)C)CC4)c3)[nH]c(=O)c12.COc1ccc(OCc2ccccc2)cc1C(N)=O.COc1cccc(N2CCN(C(C)C)CC2)c1. The van der Waals surface area contributed by atoms with Crippen molar-refractivity contribution in [3.05, 3.63) is 284 Å². The van der Waals surface area contributed by atoms with Gasteiger partial charge in [0, 0.05) is 87.4 Å². The van der Waals surface area contributed by atoms with Crippen molar-refractivity contribution in [2.24, 2.45) is 17.2 Å². The van der Waals surface area contributed by atoms with Gasteiger partial charge in [0.1, 0.15) is 94.7 Å². The second kappa shape index (κ2) is 42.2. The molecule has 9 N–H and O–H groups in total. The number of nitrogens with zero attached hydrogens (tertiary/aromatic N) is 6. The van der Waals surface area contributed by atoms with Crippen molar-refractivity contribution < 1.29 is 61.9 Å². The third-order valence-corrected chi connectivity index (χ3v) is 18.8. The van der Waals surface area contributed by atoms with E-state index in [0.717, 1.165) is 91.6 Å². The zero-order valence-corrected chi connectivity index (χ0v) is 65.6. The van der Waals surface area contributed by atoms with Crippen LogP contribution in [0.3, 0.4) is 0 Å². The van der Waals surface area contributed by atoms with Gasteiger partial charge in [0.15, 0.2) is 11.3 Å². The average molecular weight is 1550 g/mol. The van der Waals surface area contributed by atoms with Crippen LogP contribution in [-0.2, 0) is 26.4 Å². The molecule has 1 aromatic heterocycles. The molecule has 26 heteroatoms. The van der Waals surface area contributed by atoms with Crippen LogP contribution >= 0.6 is 0 Å². The lowest BCUT2D eigenvalue weighted by atomic mass is 10.1. The third-order valence-electron chi connectivity index (χ3n) is 18.8. The van der Waals surface area contributed by atoms with E-state index in [-0.39, 0.29) is 40.5 Å². The minimum atomic E-state index is -0.950. The van der Waals surface area contributed by atoms with Gasteiger partial charge in [-0.1, -0.05) is 140 Å². The van der Waals surface area contributed by atoms with Gasteiger partial charge in [-0.15, -0.1) is 0 Å². The zero-order valence-electron chi connectivity index (χ0n) is 65.6. The number of aromatic nitrogens is 2. The molecule has 2 saturated heterocycles. The molecule has 0 bridgehead atoms. The Morgan fingerprint density at radius 3 is 1.31 bits per heavy atom. The normalized spacial score (nSPS) is 12.5. The summed E-state index contributed by atoms with van der Waals surface area (Å²) in [6.07, 6.45) is 0. The number of nitrogens with one attached hydrogen (secondary N) is 1. The van der Waals surface area contributed by atoms with Crippen molar-refractivity contribution >= 4 is 51.4 Å². The maximum Gasteiger partial charge on any atom is 0.327 e. The van der Waals surface area contributed by atoms with Gasteiger partial charge in [0.2, 0.25) is 0 Å². The van der Waals surface area contributed by atoms with Gasteiger partial charge < -0.3 is 80.4 Å². The Bertz CT molecular complexity index is 5030. The highest BCUT2D eigenvalue weighted by atomic mass is 16.6. The van der Waals surface area contributed by atoms with E-state index in [1.54, 1.807) is 50.6 Å². The first-order valence-electron chi connectivity index (χ1n) is 37.0. The molecule has 13 rings (SSSR count). The molecule has 0 aliphatic carbocycles. The van der Waals surface area contributed by atoms with E-state index in [1.807, 2.05) is 146 Å². The fourth-order valence-electron chi connectivity index (χ4n) is 12.6. The van der Waals surface area contributed by atoms with E-state index in [4.69, 9.17) is 70.6 Å². The van der Waals surface area contributed by atoms with E-state index in [1.165, 1.54) is 39.1 Å². The number of nitro groups is 1. The van der Waals surface area contributed by atoms with Crippen LogP contribution in [0.25, 0.3) is 22.3 Å². The molecule has 0 unspecified atom stereocenters. The third kappa shape index (κ3) is 23.4. The molecule has 10 aromatic carbocycles. The average Bonchev–Trinajstić information content (AvgIpc) is 0.773. The number of nitro benzene ring substituents is 1. The fraction of sp³-hybridized carbons (Fsp3) is 0.261. The van der Waals surface area contributed by atoms with Crippen LogP contribution in [0.2, 0.25) is 0 Å². The Kier molecular flexibility index (Phi) is 31.3. The molecule has 3 amide bonds. The second-order valence-electron chi connectivity index (χ2n) is 26.7. The number of anilines is 3. The van der Waals surface area contributed by atoms with Gasteiger partial charge in [-0.25, -0.2) is 4.98 Å². The molecule has 114 heavy (non-hydrogen) atoms. The number of nitrogen functional groups attached to an aromatic ring is 1. The van der Waals surface area contributed by atoms with Crippen LogP contribution in [0.15, 0.2) is 229 Å². The molecular weight excluding hydrogens is 1450 g/mol. The van der Waals surface area contributed by atoms with Crippen LogP contribution in [-0.4, -0.2) is 142 Å². The van der Waals surface area contributed by atoms with Crippen molar-refractivity contribution in [2.45, 2.75) is 66.2 Å². The molecule has 2 fully saturated rings. The van der Waals surface area contributed by atoms with Gasteiger partial charge in [-0.3, -0.25) is 39.1 Å². The van der Waals surface area contributed by atoms with Crippen molar-refractivity contribution in [3.63, 3.8) is 0 Å². The number of piperazine rings is 2. The van der Waals surface area contributed by atoms with E-state index >= 15 is 0 Å². The van der Waals surface area contributed by atoms with Crippen LogP contribution < -0.4 is 80.9 Å². The van der Waals surface area contributed by atoms with Crippen LogP contribution in [0, 0.1) is 10.1 Å². The Hall–Kier alpha value is -13.3. The predicted molar refractivity (Wildman–Crippen MR) is 444 cm³/mol. The molecule has 596 valence electrons. The molecule has 2 aliphatic rings. The molecule has 3 heterocycles. The number of rotatable bonds is 26. The summed E-state index contributed by atoms with van der Waals surface area (Å²) < 4.78 is 48.7. The minimum Gasteiger partial charge on any atom is -0.497 e. The van der Waals surface area contributed by atoms with Crippen molar-refractivity contribution in [3.8, 4) is 63.1 Å². The molecule has 26 nitrogen and oxygen atoms in total. The van der Waals surface area contributed by atoms with Crippen LogP contribution in [0.1, 0.15) is 81.0 Å². The number of fused-ring (bicyclic) bond motifs is 1. The second-order valence-corrected chi connectivity index (χ2v) is 26.7. The Morgan fingerprint density at radius 2 is 0.851 bits per heavy atom. The monoisotopic (exact) mass is 1550 g/mol. The molecule has 0 saturated carbocycles. The Labute approximate surface area is 663 Å². The minimum absolute atomic E-state index is 0.0336. The highest BCUT2D eigenvalue weighted by Crippen LogP contribution is 2.39. The first kappa shape index (κ1) is 84.7. The lowest BCUT2D eigenvalue weighted by Gasteiger charge is -2.38. The molecule has 0 atom stereocenters. The number of carbonyl (C=O) groups is 3. The van der Waals surface area contributed by atoms with E-state index < -0.39 is 28.3 Å². The Balaban J connectivity index is 0.000000169. The number of benzene rings is 10. The lowest BCUT2D eigenvalue weighted by molar-refractivity contribution is -0.386. The highest BCUT2D eigenvalue weighted by molar-refractivity contribution is 6.02. The first-order valence-corrected chi connectivity index (χ1v) is 37.0. The molecule has 0 spiro atoms. The van der Waals surface area contributed by atoms with Gasteiger partial charge in [-0.05, 0) is 129 Å². The number of hydrogen-bond donors (Lipinski definition) is 5. The molecule has 0 radical (unpaired) electrons.